The van der Waals surface area contributed by atoms with Gasteiger partial charge in [0.2, 0.25) is 0 Å². The van der Waals surface area contributed by atoms with Gasteiger partial charge >= 0.3 is 0 Å². The van der Waals surface area contributed by atoms with Crippen molar-refractivity contribution >= 4 is 0 Å². The molecule has 3 nitrogen and oxygen atoms in total. The summed E-state index contributed by atoms with van der Waals surface area (Å²) in [6, 6.07) is 4.98. The Labute approximate surface area is 125 Å². The van der Waals surface area contributed by atoms with Crippen molar-refractivity contribution in [3.63, 3.8) is 0 Å². The van der Waals surface area contributed by atoms with Crippen molar-refractivity contribution < 1.29 is 9.47 Å². The van der Waals surface area contributed by atoms with Gasteiger partial charge in [0.25, 0.3) is 0 Å². The quantitative estimate of drug-likeness (QED) is 0.739. The van der Waals surface area contributed by atoms with Crippen LogP contribution in [0.1, 0.15) is 24.0 Å². The molecule has 2 heterocycles. The van der Waals surface area contributed by atoms with Crippen molar-refractivity contribution in [3.05, 3.63) is 35.4 Å². The highest BCUT2D eigenvalue weighted by molar-refractivity contribution is 5.61. The van der Waals surface area contributed by atoms with E-state index in [4.69, 9.17) is 9.47 Å². The lowest BCUT2D eigenvalue weighted by atomic mass is 9.54. The van der Waals surface area contributed by atoms with E-state index < -0.39 is 0 Å². The summed E-state index contributed by atoms with van der Waals surface area (Å²) in [6.07, 6.45) is 8.47. The van der Waals surface area contributed by atoms with Gasteiger partial charge < -0.3 is 14.4 Å². The van der Waals surface area contributed by atoms with Gasteiger partial charge in [0.1, 0.15) is 6.10 Å². The van der Waals surface area contributed by atoms with E-state index in [0.29, 0.717) is 18.1 Å². The van der Waals surface area contributed by atoms with Crippen LogP contribution in [0, 0.1) is 5.92 Å². The third kappa shape index (κ3) is 1.25. The minimum absolute atomic E-state index is 0.198. The van der Waals surface area contributed by atoms with Crippen LogP contribution >= 0.6 is 0 Å². The summed E-state index contributed by atoms with van der Waals surface area (Å²) in [5, 5.41) is 0. The summed E-state index contributed by atoms with van der Waals surface area (Å²) in [6.45, 7) is 1.17. The van der Waals surface area contributed by atoms with E-state index in [-0.39, 0.29) is 5.41 Å². The van der Waals surface area contributed by atoms with E-state index in [1.165, 1.54) is 24.1 Å². The average molecular weight is 283 g/mol. The average Bonchev–Trinajstić information content (AvgIpc) is 2.84. The second kappa shape index (κ2) is 3.83. The molecule has 0 saturated carbocycles. The Kier molecular flexibility index (Phi) is 2.21. The van der Waals surface area contributed by atoms with Crippen molar-refractivity contribution in [1.82, 2.24) is 4.90 Å². The van der Waals surface area contributed by atoms with Crippen molar-refractivity contribution in [1.29, 1.82) is 0 Å². The predicted octanol–water partition coefficient (Wildman–Crippen LogP) is 2.53. The van der Waals surface area contributed by atoms with Crippen LogP contribution in [0.15, 0.2) is 24.3 Å². The van der Waals surface area contributed by atoms with Gasteiger partial charge in [-0.2, -0.15) is 0 Å². The molecule has 3 heteroatoms. The molecule has 0 radical (unpaired) electrons. The molecule has 1 aromatic carbocycles. The number of piperidine rings is 1. The molecule has 4 atom stereocenters. The molecule has 21 heavy (non-hydrogen) atoms. The smallest absolute Gasteiger partial charge is 0.165 e. The highest BCUT2D eigenvalue weighted by Crippen LogP contribution is 2.62. The first-order valence-corrected chi connectivity index (χ1v) is 7.99. The Hall–Kier alpha value is -1.48. The fourth-order valence-electron chi connectivity index (χ4n) is 5.36. The highest BCUT2D eigenvalue weighted by atomic mass is 16.5. The second-order valence-electron chi connectivity index (χ2n) is 6.97. The summed E-state index contributed by atoms with van der Waals surface area (Å²) in [4.78, 5) is 2.55. The monoisotopic (exact) mass is 283 g/mol. The Balaban J connectivity index is 1.82. The number of benzene rings is 1. The molecule has 5 rings (SSSR count). The number of ether oxygens (including phenoxy) is 2. The summed E-state index contributed by atoms with van der Waals surface area (Å²) in [5.41, 5.74) is 3.16. The van der Waals surface area contributed by atoms with Crippen LogP contribution in [-0.2, 0) is 11.8 Å². The van der Waals surface area contributed by atoms with Crippen LogP contribution in [0.25, 0.3) is 0 Å². The van der Waals surface area contributed by atoms with Crippen LogP contribution in [0.4, 0.5) is 0 Å². The molecule has 0 N–H and O–H groups in total. The largest absolute Gasteiger partial charge is 0.493 e. The van der Waals surface area contributed by atoms with E-state index in [2.05, 4.69) is 36.2 Å². The normalized spacial score (nSPS) is 38.9. The summed E-state index contributed by atoms with van der Waals surface area (Å²) >= 11 is 0. The number of hydrogen-bond acceptors (Lipinski definition) is 3. The number of nitrogens with zero attached hydrogens (tertiary/aromatic N) is 1. The van der Waals surface area contributed by atoms with Crippen molar-refractivity contribution in [2.75, 3.05) is 20.7 Å². The number of rotatable bonds is 1. The predicted molar refractivity (Wildman–Crippen MR) is 81.1 cm³/mol. The summed E-state index contributed by atoms with van der Waals surface area (Å²) < 4.78 is 12.0. The molecule has 2 unspecified atom stereocenters. The third-order valence-corrected chi connectivity index (χ3v) is 6.30. The van der Waals surface area contributed by atoms with Crippen LogP contribution in [-0.4, -0.2) is 37.7 Å². The van der Waals surface area contributed by atoms with Crippen LogP contribution in [0.5, 0.6) is 11.5 Å². The topological polar surface area (TPSA) is 21.7 Å². The van der Waals surface area contributed by atoms with Crippen molar-refractivity contribution in [2.45, 2.75) is 36.8 Å². The van der Waals surface area contributed by atoms with E-state index in [9.17, 15) is 0 Å². The molecule has 110 valence electrons. The zero-order valence-corrected chi connectivity index (χ0v) is 12.6. The minimum atomic E-state index is 0.198. The maximum absolute atomic E-state index is 6.44. The minimum Gasteiger partial charge on any atom is -0.493 e. The first kappa shape index (κ1) is 12.1. The van der Waals surface area contributed by atoms with Gasteiger partial charge in [-0.3, -0.25) is 0 Å². The number of likely N-dealkylation sites (N-methyl/N-ethyl adjacent to an activating group) is 1. The maximum atomic E-state index is 6.44. The SMILES string of the molecule is COc1ccc2c3c1O[C@H]1CC=CC4C(C2)N(C)CC[C@@]341. The Morgan fingerprint density at radius 3 is 3.14 bits per heavy atom. The van der Waals surface area contributed by atoms with Gasteiger partial charge in [-0.05, 0) is 38.1 Å². The zero-order chi connectivity index (χ0) is 14.2. The van der Waals surface area contributed by atoms with Gasteiger partial charge in [0.15, 0.2) is 11.5 Å². The Bertz CT molecular complexity index is 653. The Morgan fingerprint density at radius 1 is 1.38 bits per heavy atom. The van der Waals surface area contributed by atoms with Crippen molar-refractivity contribution in [2.24, 2.45) is 5.92 Å². The van der Waals surface area contributed by atoms with Crippen molar-refractivity contribution in [3.8, 4) is 11.5 Å². The van der Waals surface area contributed by atoms with Gasteiger partial charge in [-0.25, -0.2) is 0 Å². The van der Waals surface area contributed by atoms with E-state index in [1.54, 1.807) is 7.11 Å². The van der Waals surface area contributed by atoms with E-state index >= 15 is 0 Å². The second-order valence-corrected chi connectivity index (χ2v) is 6.97. The Morgan fingerprint density at radius 2 is 2.29 bits per heavy atom. The molecule has 2 bridgehead atoms. The molecule has 1 saturated heterocycles. The molecule has 1 fully saturated rings. The summed E-state index contributed by atoms with van der Waals surface area (Å²) in [5.74, 6) is 2.54. The number of methoxy groups -OCH3 is 1. The standard InChI is InChI=1S/C18H21NO2/c1-19-9-8-18-12-4-3-5-15(18)21-17-14(20-2)7-6-11(16(17)18)10-13(12)19/h3-4,6-7,12-13,15H,5,8-10H2,1-2H3/t12?,13?,15-,18+/m0/s1. The summed E-state index contributed by atoms with van der Waals surface area (Å²) in [7, 11) is 4.03. The molecule has 4 aliphatic rings. The molecule has 0 aromatic heterocycles. The molecule has 1 spiro atoms. The molecule has 0 amide bonds. The van der Waals surface area contributed by atoms with Gasteiger partial charge in [-0.1, -0.05) is 18.2 Å². The lowest BCUT2D eigenvalue weighted by Crippen LogP contribution is -2.62. The maximum Gasteiger partial charge on any atom is 0.165 e. The van der Waals surface area contributed by atoms with Crippen LogP contribution in [0.3, 0.4) is 0 Å². The molecular formula is C18H21NO2. The van der Waals surface area contributed by atoms with Gasteiger partial charge in [-0.15, -0.1) is 0 Å². The first-order valence-electron chi connectivity index (χ1n) is 7.99. The number of hydrogen-bond donors (Lipinski definition) is 0. The fraction of sp³-hybridized carbons (Fsp3) is 0.556. The lowest BCUT2D eigenvalue weighted by molar-refractivity contribution is 0.00197. The number of likely N-dealkylation sites (tertiary alicyclic amines) is 1. The fourth-order valence-corrected chi connectivity index (χ4v) is 5.36. The van der Waals surface area contributed by atoms with Gasteiger partial charge in [0.05, 0.1) is 7.11 Å². The third-order valence-electron chi connectivity index (χ3n) is 6.30. The molecule has 2 aliphatic carbocycles. The van der Waals surface area contributed by atoms with Gasteiger partial charge in [0, 0.05) is 29.4 Å². The molecule has 1 aromatic rings. The van der Waals surface area contributed by atoms with E-state index in [0.717, 1.165) is 24.3 Å². The molecular weight excluding hydrogens is 262 g/mol. The highest BCUT2D eigenvalue weighted by Gasteiger charge is 2.62. The van der Waals surface area contributed by atoms with Crippen LogP contribution in [0.2, 0.25) is 0 Å². The molecule has 2 aliphatic heterocycles. The van der Waals surface area contributed by atoms with Crippen LogP contribution < -0.4 is 9.47 Å². The lowest BCUT2D eigenvalue weighted by Gasteiger charge is -2.55. The zero-order valence-electron chi connectivity index (χ0n) is 12.6. The first-order chi connectivity index (χ1) is 10.3. The van der Waals surface area contributed by atoms with E-state index in [1.807, 2.05) is 0 Å².